The van der Waals surface area contributed by atoms with Gasteiger partial charge in [-0.15, -0.1) is 0 Å². The number of ether oxygens (including phenoxy) is 3. The van der Waals surface area contributed by atoms with Gasteiger partial charge in [0.2, 0.25) is 0 Å². The highest BCUT2D eigenvalue weighted by atomic mass is 16.6. The minimum atomic E-state index is -0.788. The minimum absolute atomic E-state index is 0.0883. The average Bonchev–Trinajstić information content (AvgIpc) is 3.24. The Morgan fingerprint density at radius 3 is 1.17 bits per heavy atom. The predicted octanol–water partition coefficient (Wildman–Crippen LogP) is 16.5. The zero-order chi connectivity index (χ0) is 43.7. The second kappa shape index (κ2) is 48.8. The molecule has 0 heterocycles. The minimum Gasteiger partial charge on any atom is -0.462 e. The lowest BCUT2D eigenvalue weighted by atomic mass is 10.1. The Morgan fingerprint density at radius 1 is 0.367 bits per heavy atom. The van der Waals surface area contributed by atoms with E-state index in [9.17, 15) is 14.4 Å². The van der Waals surface area contributed by atoms with Crippen molar-refractivity contribution in [1.82, 2.24) is 0 Å². The Bertz CT molecular complexity index is 1100. The van der Waals surface area contributed by atoms with Gasteiger partial charge in [-0.25, -0.2) is 0 Å². The highest BCUT2D eigenvalue weighted by Crippen LogP contribution is 2.14. The molecule has 0 radical (unpaired) electrons. The van der Waals surface area contributed by atoms with E-state index in [1.54, 1.807) is 0 Å². The molecule has 0 aromatic heterocycles. The maximum absolute atomic E-state index is 12.8. The molecule has 346 valence electrons. The molecule has 1 atom stereocenters. The molecule has 0 rings (SSSR count). The van der Waals surface area contributed by atoms with Crippen LogP contribution in [0.3, 0.4) is 0 Å². The van der Waals surface area contributed by atoms with E-state index in [1.165, 1.54) is 109 Å². The summed E-state index contributed by atoms with van der Waals surface area (Å²) in [5.41, 5.74) is 0. The summed E-state index contributed by atoms with van der Waals surface area (Å²) in [5.74, 6) is -0.921. The lowest BCUT2D eigenvalue weighted by molar-refractivity contribution is -0.167. The Balaban J connectivity index is 4.42. The number of hydrogen-bond donors (Lipinski definition) is 0. The third-order valence-corrected chi connectivity index (χ3v) is 10.8. The molecule has 0 aromatic rings. The monoisotopic (exact) mass is 839 g/mol. The summed E-state index contributed by atoms with van der Waals surface area (Å²) in [6.45, 7) is 6.47. The van der Waals surface area contributed by atoms with E-state index in [0.29, 0.717) is 19.3 Å². The van der Waals surface area contributed by atoms with Crippen LogP contribution in [0.2, 0.25) is 0 Å². The van der Waals surface area contributed by atoms with Crippen molar-refractivity contribution in [2.45, 2.75) is 252 Å². The maximum atomic E-state index is 12.8. The van der Waals surface area contributed by atoms with Crippen LogP contribution in [-0.2, 0) is 28.6 Å². The van der Waals surface area contributed by atoms with Crippen LogP contribution in [-0.4, -0.2) is 37.2 Å². The summed E-state index contributed by atoms with van der Waals surface area (Å²) in [7, 11) is 0. The molecule has 60 heavy (non-hydrogen) atoms. The summed E-state index contributed by atoms with van der Waals surface area (Å²) in [4.78, 5) is 37.9. The van der Waals surface area contributed by atoms with Crippen molar-refractivity contribution in [3.05, 3.63) is 60.8 Å². The number of carbonyl (C=O) groups is 3. The Morgan fingerprint density at radius 2 is 0.700 bits per heavy atom. The van der Waals surface area contributed by atoms with Gasteiger partial charge in [0.05, 0.1) is 0 Å². The number of carbonyl (C=O) groups excluding carboxylic acids is 3. The highest BCUT2D eigenvalue weighted by Gasteiger charge is 2.19. The van der Waals surface area contributed by atoms with Crippen LogP contribution in [0, 0.1) is 0 Å². The van der Waals surface area contributed by atoms with E-state index in [4.69, 9.17) is 14.2 Å². The zero-order valence-electron chi connectivity index (χ0n) is 39.5. The second-order valence-electron chi connectivity index (χ2n) is 16.7. The molecule has 6 nitrogen and oxygen atoms in total. The van der Waals surface area contributed by atoms with Gasteiger partial charge >= 0.3 is 17.9 Å². The fourth-order valence-corrected chi connectivity index (χ4v) is 6.93. The quantitative estimate of drug-likeness (QED) is 0.0200. The third kappa shape index (κ3) is 46.2. The van der Waals surface area contributed by atoms with Crippen LogP contribution in [0.15, 0.2) is 60.8 Å². The topological polar surface area (TPSA) is 78.9 Å². The van der Waals surface area contributed by atoms with Gasteiger partial charge in [-0.2, -0.15) is 0 Å². The molecule has 0 saturated carbocycles. The Kier molecular flexibility index (Phi) is 46.4. The molecular formula is C54H94O6. The molecule has 0 spiro atoms. The molecule has 0 aromatic carbocycles. The van der Waals surface area contributed by atoms with Gasteiger partial charge in [0.25, 0.3) is 0 Å². The van der Waals surface area contributed by atoms with Gasteiger partial charge in [0.1, 0.15) is 13.2 Å². The number of esters is 3. The van der Waals surface area contributed by atoms with E-state index >= 15 is 0 Å². The first-order chi connectivity index (χ1) is 29.5. The lowest BCUT2D eigenvalue weighted by Gasteiger charge is -2.18. The van der Waals surface area contributed by atoms with E-state index in [2.05, 4.69) is 81.5 Å². The summed E-state index contributed by atoms with van der Waals surface area (Å²) in [6.07, 6.45) is 59.1. The van der Waals surface area contributed by atoms with Gasteiger partial charge in [-0.1, -0.05) is 191 Å². The SMILES string of the molecule is CC/C=C\C/C=C\CCCCCCCCCC(=O)OC(COC(=O)CCCCC/C=C\CCCCCCCC)COC(=O)CCCCCCCC/C=C\C=C/CCCCC. The molecule has 0 aliphatic heterocycles. The standard InChI is InChI=1S/C54H94O6/c1-4-7-10-13-16-19-22-25-27-30-32-35-38-41-44-47-53(56)59-50-51(49-58-52(55)46-43-40-37-34-31-28-24-21-18-15-12-9-6-3)60-54(57)48-45-42-39-36-33-29-26-23-20-17-14-11-8-5-2/h8,11,16-17,19-20,22,25,28,31,51H,4-7,9-10,12-15,18,21,23-24,26-27,29-30,32-50H2,1-3H3/b11-8-,19-16-,20-17-,25-22-,31-28-. The molecule has 6 heteroatoms. The van der Waals surface area contributed by atoms with Crippen molar-refractivity contribution in [3.63, 3.8) is 0 Å². The fourth-order valence-electron chi connectivity index (χ4n) is 6.93. The molecule has 0 bridgehead atoms. The van der Waals surface area contributed by atoms with Crippen LogP contribution in [0.4, 0.5) is 0 Å². The van der Waals surface area contributed by atoms with E-state index in [1.807, 2.05) is 0 Å². The summed E-state index contributed by atoms with van der Waals surface area (Å²) in [5, 5.41) is 0. The van der Waals surface area contributed by atoms with Crippen molar-refractivity contribution < 1.29 is 28.6 Å². The van der Waals surface area contributed by atoms with Crippen LogP contribution < -0.4 is 0 Å². The molecule has 0 saturated heterocycles. The number of unbranched alkanes of at least 4 members (excludes halogenated alkanes) is 25. The van der Waals surface area contributed by atoms with Crippen LogP contribution in [0.25, 0.3) is 0 Å². The van der Waals surface area contributed by atoms with Crippen molar-refractivity contribution in [2.75, 3.05) is 13.2 Å². The average molecular weight is 839 g/mol. The van der Waals surface area contributed by atoms with Crippen molar-refractivity contribution in [1.29, 1.82) is 0 Å². The lowest BCUT2D eigenvalue weighted by Crippen LogP contribution is -2.30. The Hall–Kier alpha value is -2.89. The molecule has 1 unspecified atom stereocenters. The fraction of sp³-hybridized carbons (Fsp3) is 0.759. The molecule has 0 aliphatic carbocycles. The first kappa shape index (κ1) is 57.1. The van der Waals surface area contributed by atoms with Crippen LogP contribution in [0.1, 0.15) is 245 Å². The first-order valence-electron chi connectivity index (χ1n) is 25.3. The number of hydrogen-bond acceptors (Lipinski definition) is 6. The third-order valence-electron chi connectivity index (χ3n) is 10.8. The van der Waals surface area contributed by atoms with Gasteiger partial charge in [0, 0.05) is 19.3 Å². The zero-order valence-corrected chi connectivity index (χ0v) is 39.5. The summed E-state index contributed by atoms with van der Waals surface area (Å²) < 4.78 is 16.8. The second-order valence-corrected chi connectivity index (χ2v) is 16.7. The molecule has 0 amide bonds. The summed E-state index contributed by atoms with van der Waals surface area (Å²) in [6, 6.07) is 0. The molecule has 0 N–H and O–H groups in total. The number of rotatable bonds is 45. The van der Waals surface area contributed by atoms with Gasteiger partial charge < -0.3 is 14.2 Å². The number of allylic oxidation sites excluding steroid dienone is 10. The van der Waals surface area contributed by atoms with Crippen molar-refractivity contribution in [2.24, 2.45) is 0 Å². The van der Waals surface area contributed by atoms with Gasteiger partial charge in [-0.05, 0) is 96.3 Å². The maximum Gasteiger partial charge on any atom is 0.306 e. The van der Waals surface area contributed by atoms with E-state index in [-0.39, 0.29) is 31.1 Å². The van der Waals surface area contributed by atoms with Crippen LogP contribution in [0.5, 0.6) is 0 Å². The van der Waals surface area contributed by atoms with E-state index < -0.39 is 6.10 Å². The van der Waals surface area contributed by atoms with Gasteiger partial charge in [0.15, 0.2) is 6.10 Å². The van der Waals surface area contributed by atoms with Crippen molar-refractivity contribution >= 4 is 17.9 Å². The highest BCUT2D eigenvalue weighted by molar-refractivity contribution is 5.71. The first-order valence-corrected chi connectivity index (χ1v) is 25.3. The molecule has 0 fully saturated rings. The molecule has 0 aliphatic rings. The largest absolute Gasteiger partial charge is 0.462 e. The molecular weight excluding hydrogens is 745 g/mol. The van der Waals surface area contributed by atoms with Crippen molar-refractivity contribution in [3.8, 4) is 0 Å². The van der Waals surface area contributed by atoms with Crippen LogP contribution >= 0.6 is 0 Å². The smallest absolute Gasteiger partial charge is 0.306 e. The Labute approximate surface area is 370 Å². The predicted molar refractivity (Wildman–Crippen MR) is 256 cm³/mol. The normalized spacial score (nSPS) is 12.5. The van der Waals surface area contributed by atoms with Gasteiger partial charge in [-0.3, -0.25) is 14.4 Å². The van der Waals surface area contributed by atoms with E-state index in [0.717, 1.165) is 96.3 Å². The summed E-state index contributed by atoms with van der Waals surface area (Å²) >= 11 is 0.